The summed E-state index contributed by atoms with van der Waals surface area (Å²) < 4.78 is 6.01. The maximum atomic E-state index is 8.32. The van der Waals surface area contributed by atoms with E-state index in [1.807, 2.05) is 56.3 Å². The SMILES string of the molecule is CCN1CC(/C=C/c2cc3cc(C(=N)N)ccc3o2)C(CNc2cc(C)nc(NC(=N)Nc3ccc(C)c(Cl)c3)n2)C1. The van der Waals surface area contributed by atoms with Gasteiger partial charge in [0, 0.05) is 53.1 Å². The van der Waals surface area contributed by atoms with Crippen molar-refractivity contribution in [2.75, 3.05) is 42.1 Å². The molecule has 1 saturated heterocycles. The van der Waals surface area contributed by atoms with Gasteiger partial charge in [-0.25, -0.2) is 4.98 Å². The van der Waals surface area contributed by atoms with Gasteiger partial charge in [-0.2, -0.15) is 4.98 Å². The van der Waals surface area contributed by atoms with Crippen LogP contribution in [0.25, 0.3) is 17.0 Å². The van der Waals surface area contributed by atoms with E-state index in [9.17, 15) is 0 Å². The second-order valence-electron chi connectivity index (χ2n) is 10.6. The number of furan rings is 1. The molecule has 10 nitrogen and oxygen atoms in total. The highest BCUT2D eigenvalue weighted by molar-refractivity contribution is 6.31. The molecule has 11 heteroatoms. The van der Waals surface area contributed by atoms with E-state index in [-0.39, 0.29) is 11.8 Å². The van der Waals surface area contributed by atoms with Gasteiger partial charge in [0.1, 0.15) is 23.0 Å². The van der Waals surface area contributed by atoms with Crippen LogP contribution in [0.4, 0.5) is 17.5 Å². The number of hydrogen-bond acceptors (Lipinski definition) is 7. The minimum atomic E-state index is 0.0421. The fraction of sp³-hybridized carbons (Fsp3) is 0.290. The quantitative estimate of drug-likeness (QED) is 0.104. The van der Waals surface area contributed by atoms with Crippen LogP contribution < -0.4 is 21.7 Å². The normalized spacial score (nSPS) is 17.1. The third-order valence-electron chi connectivity index (χ3n) is 7.45. The Bertz CT molecular complexity index is 1650. The Hall–Kier alpha value is -4.41. The fourth-order valence-corrected chi connectivity index (χ4v) is 5.30. The minimum absolute atomic E-state index is 0.0421. The van der Waals surface area contributed by atoms with E-state index in [4.69, 9.17) is 32.6 Å². The lowest BCUT2D eigenvalue weighted by atomic mass is 9.95. The predicted octanol–water partition coefficient (Wildman–Crippen LogP) is 5.93. The number of amidine groups is 1. The average molecular weight is 586 g/mol. The number of benzene rings is 2. The molecule has 0 saturated carbocycles. The number of nitrogens with one attached hydrogen (secondary N) is 5. The van der Waals surface area contributed by atoms with Gasteiger partial charge >= 0.3 is 0 Å². The molecule has 0 radical (unpaired) electrons. The van der Waals surface area contributed by atoms with Crippen LogP contribution >= 0.6 is 11.6 Å². The molecule has 0 bridgehead atoms. The Labute approximate surface area is 250 Å². The first-order valence-electron chi connectivity index (χ1n) is 13.9. The molecule has 4 aromatic rings. The molecule has 2 aromatic heterocycles. The molecule has 2 aromatic carbocycles. The first-order chi connectivity index (χ1) is 20.2. The Balaban J connectivity index is 1.23. The van der Waals surface area contributed by atoms with Gasteiger partial charge in [-0.05, 0) is 80.3 Å². The number of nitrogen functional groups attached to an aromatic ring is 1. The van der Waals surface area contributed by atoms with Crippen molar-refractivity contribution < 1.29 is 4.42 Å². The van der Waals surface area contributed by atoms with Crippen molar-refractivity contribution in [2.45, 2.75) is 20.8 Å². The summed E-state index contributed by atoms with van der Waals surface area (Å²) in [4.78, 5) is 11.5. The maximum Gasteiger partial charge on any atom is 0.231 e. The summed E-state index contributed by atoms with van der Waals surface area (Å²) >= 11 is 6.21. The molecule has 1 aliphatic rings. The van der Waals surface area contributed by atoms with Gasteiger partial charge in [-0.3, -0.25) is 16.1 Å². The van der Waals surface area contributed by atoms with E-state index in [0.29, 0.717) is 39.9 Å². The number of guanidine groups is 1. The third kappa shape index (κ3) is 7.07. The van der Waals surface area contributed by atoms with Crippen molar-refractivity contribution in [3.63, 3.8) is 0 Å². The molecule has 0 spiro atoms. The highest BCUT2D eigenvalue weighted by atomic mass is 35.5. The van der Waals surface area contributed by atoms with Gasteiger partial charge in [0.2, 0.25) is 5.95 Å². The second kappa shape index (κ2) is 12.6. The van der Waals surface area contributed by atoms with Crippen molar-refractivity contribution in [3.8, 4) is 0 Å². The minimum Gasteiger partial charge on any atom is -0.457 e. The second-order valence-corrected chi connectivity index (χ2v) is 11.0. The molecule has 42 heavy (non-hydrogen) atoms. The summed E-state index contributed by atoms with van der Waals surface area (Å²) in [6.45, 7) is 9.69. The van der Waals surface area contributed by atoms with Crippen molar-refractivity contribution in [1.29, 1.82) is 10.8 Å². The lowest BCUT2D eigenvalue weighted by molar-refractivity contribution is 0.343. The van der Waals surface area contributed by atoms with Gasteiger partial charge in [-0.15, -0.1) is 0 Å². The average Bonchev–Trinajstić information content (AvgIpc) is 3.55. The number of halogens is 1. The largest absolute Gasteiger partial charge is 0.457 e. The van der Waals surface area contributed by atoms with E-state index < -0.39 is 0 Å². The number of aromatic nitrogens is 2. The van der Waals surface area contributed by atoms with Crippen LogP contribution in [-0.4, -0.2) is 52.8 Å². The molecule has 5 rings (SSSR count). The van der Waals surface area contributed by atoms with Crippen molar-refractivity contribution >= 4 is 57.9 Å². The van der Waals surface area contributed by atoms with Gasteiger partial charge in [-0.1, -0.05) is 30.7 Å². The van der Waals surface area contributed by atoms with E-state index >= 15 is 0 Å². The summed E-state index contributed by atoms with van der Waals surface area (Å²) in [6, 6.07) is 15.0. The van der Waals surface area contributed by atoms with Crippen molar-refractivity contribution in [3.05, 3.63) is 82.2 Å². The van der Waals surface area contributed by atoms with Crippen LogP contribution in [0.3, 0.4) is 0 Å². The van der Waals surface area contributed by atoms with Gasteiger partial charge in [0.05, 0.1) is 0 Å². The molecular formula is C31H36ClN9O. The molecule has 0 aliphatic carbocycles. The number of fused-ring (bicyclic) bond motifs is 1. The summed E-state index contributed by atoms with van der Waals surface area (Å²) in [5.74, 6) is 2.61. The number of aryl methyl sites for hydroxylation is 2. The zero-order chi connectivity index (χ0) is 29.8. The molecule has 1 aliphatic heterocycles. The number of hydrogen-bond donors (Lipinski definition) is 6. The number of anilines is 3. The molecule has 2 unspecified atom stereocenters. The van der Waals surface area contributed by atoms with Crippen LogP contribution in [0.2, 0.25) is 5.02 Å². The van der Waals surface area contributed by atoms with Crippen LogP contribution in [0.5, 0.6) is 0 Å². The van der Waals surface area contributed by atoms with Gasteiger partial charge in [0.25, 0.3) is 0 Å². The highest BCUT2D eigenvalue weighted by Gasteiger charge is 2.30. The lowest BCUT2D eigenvalue weighted by Gasteiger charge is -2.17. The van der Waals surface area contributed by atoms with Gasteiger partial charge in [0.15, 0.2) is 5.96 Å². The van der Waals surface area contributed by atoms with Gasteiger partial charge < -0.3 is 25.7 Å². The molecular weight excluding hydrogens is 550 g/mol. The first-order valence-corrected chi connectivity index (χ1v) is 14.3. The van der Waals surface area contributed by atoms with Crippen LogP contribution in [0.1, 0.15) is 29.5 Å². The first kappa shape index (κ1) is 29.1. The highest BCUT2D eigenvalue weighted by Crippen LogP contribution is 2.28. The fourth-order valence-electron chi connectivity index (χ4n) is 5.12. The molecule has 7 N–H and O–H groups in total. The lowest BCUT2D eigenvalue weighted by Crippen LogP contribution is -2.24. The van der Waals surface area contributed by atoms with Crippen LogP contribution in [0.15, 0.2) is 59.0 Å². The van der Waals surface area contributed by atoms with Crippen molar-refractivity contribution in [1.82, 2.24) is 14.9 Å². The monoisotopic (exact) mass is 585 g/mol. The number of likely N-dealkylation sites (tertiary alicyclic amines) is 1. The zero-order valence-corrected chi connectivity index (χ0v) is 24.7. The maximum absolute atomic E-state index is 8.32. The Morgan fingerprint density at radius 3 is 2.69 bits per heavy atom. The third-order valence-corrected chi connectivity index (χ3v) is 7.85. The molecule has 218 valence electrons. The Kier molecular flexibility index (Phi) is 8.75. The Morgan fingerprint density at radius 2 is 1.93 bits per heavy atom. The smallest absolute Gasteiger partial charge is 0.231 e. The summed E-state index contributed by atoms with van der Waals surface area (Å²) in [7, 11) is 0. The van der Waals surface area contributed by atoms with E-state index in [1.54, 1.807) is 12.1 Å². The summed E-state index contributed by atoms with van der Waals surface area (Å²) in [6.07, 6.45) is 4.27. The number of rotatable bonds is 9. The molecule has 2 atom stereocenters. The number of nitrogens with zero attached hydrogens (tertiary/aromatic N) is 3. The topological polar surface area (TPSA) is 152 Å². The van der Waals surface area contributed by atoms with E-state index in [2.05, 4.69) is 43.8 Å². The molecule has 0 amide bonds. The molecule has 1 fully saturated rings. The van der Waals surface area contributed by atoms with Crippen LogP contribution in [0, 0.1) is 36.5 Å². The standard InChI is InChI=1S/C31H36ClN9O/c1-4-41-16-21(6-9-25-13-22-12-20(29(33)34)7-10-27(22)42-25)23(17-41)15-36-28-11-19(3)37-31(39-28)40-30(35)38-24-8-5-18(2)26(32)14-24/h5-14,21,23H,4,15-17H2,1-3H3,(H3,33,34)(H4,35,36,37,38,39,40)/b9-6+. The van der Waals surface area contributed by atoms with E-state index in [1.165, 1.54) is 0 Å². The van der Waals surface area contributed by atoms with Crippen LogP contribution in [-0.2, 0) is 0 Å². The summed E-state index contributed by atoms with van der Waals surface area (Å²) in [5, 5.41) is 27.0. The van der Waals surface area contributed by atoms with E-state index in [0.717, 1.165) is 54.2 Å². The van der Waals surface area contributed by atoms with Crippen molar-refractivity contribution in [2.24, 2.45) is 17.6 Å². The number of nitrogens with two attached hydrogens (primary N) is 1. The zero-order valence-electron chi connectivity index (χ0n) is 24.0. The predicted molar refractivity (Wildman–Crippen MR) is 172 cm³/mol. The summed E-state index contributed by atoms with van der Waals surface area (Å²) in [5.41, 5.74) is 9.56. The Morgan fingerprint density at radius 1 is 1.10 bits per heavy atom. The molecule has 3 heterocycles.